The van der Waals surface area contributed by atoms with Gasteiger partial charge in [0.05, 0.1) is 5.39 Å². The van der Waals surface area contributed by atoms with Crippen LogP contribution < -0.4 is 0 Å². The van der Waals surface area contributed by atoms with E-state index in [1.54, 1.807) is 10.9 Å². The lowest BCUT2D eigenvalue weighted by Crippen LogP contribution is -1.98. The van der Waals surface area contributed by atoms with E-state index in [2.05, 4.69) is 15.1 Å². The average molecular weight is 229 g/mol. The number of nitrogens with zero attached hydrogens (tertiary/aromatic N) is 4. The molecule has 0 saturated heterocycles. The van der Waals surface area contributed by atoms with Gasteiger partial charge in [-0.1, -0.05) is 23.4 Å². The maximum Gasteiger partial charge on any atom is 0.189 e. The predicted molar refractivity (Wildman–Crippen MR) is 57.8 cm³/mol. The third-order valence-corrected chi connectivity index (χ3v) is 2.74. The van der Waals surface area contributed by atoms with Gasteiger partial charge in [0, 0.05) is 12.7 Å². The van der Waals surface area contributed by atoms with Gasteiger partial charge in [-0.15, -0.1) is 0 Å². The second-order valence-corrected chi connectivity index (χ2v) is 3.83. The van der Waals surface area contributed by atoms with E-state index in [1.807, 2.05) is 13.2 Å². The third-order valence-electron chi connectivity index (χ3n) is 1.90. The van der Waals surface area contributed by atoms with Crippen molar-refractivity contribution in [2.45, 2.75) is 18.6 Å². The highest BCUT2D eigenvalue weighted by Crippen LogP contribution is 2.22. The van der Waals surface area contributed by atoms with Gasteiger partial charge in [0.1, 0.15) is 0 Å². The van der Waals surface area contributed by atoms with Gasteiger partial charge in [0.25, 0.3) is 0 Å². The number of rotatable bonds is 2. The normalized spacial score (nSPS) is 11.1. The summed E-state index contributed by atoms with van der Waals surface area (Å²) in [4.78, 5) is 8.50. The van der Waals surface area contributed by atoms with Crippen molar-refractivity contribution < 1.29 is 0 Å². The molecule has 0 atom stereocenters. The van der Waals surface area contributed by atoms with Gasteiger partial charge in [-0.05, 0) is 13.2 Å². The maximum absolute atomic E-state index is 5.93. The molecule has 0 spiro atoms. The summed E-state index contributed by atoms with van der Waals surface area (Å²) in [6.07, 6.45) is 3.66. The molecule has 0 aliphatic heterocycles. The van der Waals surface area contributed by atoms with E-state index in [0.717, 1.165) is 22.7 Å². The number of thioether (sulfide) groups is 1. The Morgan fingerprint density at radius 2 is 2.36 bits per heavy atom. The molecule has 0 saturated carbocycles. The third kappa shape index (κ3) is 1.46. The van der Waals surface area contributed by atoms with Crippen LogP contribution in [0.15, 0.2) is 11.4 Å². The standard InChI is InChI=1S/C8H9ClN4S/c1-3-13-7-5(6(9)12-13)4-10-8(11-7)14-2/h4H,3H2,1-2H3. The number of halogens is 1. The van der Waals surface area contributed by atoms with Gasteiger partial charge in [-0.25, -0.2) is 14.6 Å². The molecule has 2 heterocycles. The van der Waals surface area contributed by atoms with Crippen LogP contribution in [0.25, 0.3) is 11.0 Å². The van der Waals surface area contributed by atoms with Crippen molar-refractivity contribution in [3.63, 3.8) is 0 Å². The second kappa shape index (κ2) is 3.74. The molecule has 0 fully saturated rings. The van der Waals surface area contributed by atoms with Crippen molar-refractivity contribution in [1.29, 1.82) is 0 Å². The van der Waals surface area contributed by atoms with Crippen LogP contribution in [0, 0.1) is 0 Å². The van der Waals surface area contributed by atoms with Gasteiger partial charge in [0.2, 0.25) is 0 Å². The summed E-state index contributed by atoms with van der Waals surface area (Å²) in [7, 11) is 0. The van der Waals surface area contributed by atoms with Crippen molar-refractivity contribution >= 4 is 34.4 Å². The molecule has 0 aliphatic rings. The predicted octanol–water partition coefficient (Wildman–Crippen LogP) is 2.22. The Morgan fingerprint density at radius 3 is 3.00 bits per heavy atom. The molecule has 0 bridgehead atoms. The van der Waals surface area contributed by atoms with Gasteiger partial charge >= 0.3 is 0 Å². The van der Waals surface area contributed by atoms with Crippen molar-refractivity contribution in [2.24, 2.45) is 0 Å². The Kier molecular flexibility index (Phi) is 2.60. The molecule has 4 nitrogen and oxygen atoms in total. The molecule has 0 radical (unpaired) electrons. The zero-order valence-electron chi connectivity index (χ0n) is 7.86. The van der Waals surface area contributed by atoms with E-state index < -0.39 is 0 Å². The zero-order valence-corrected chi connectivity index (χ0v) is 9.43. The van der Waals surface area contributed by atoms with Crippen molar-refractivity contribution in [1.82, 2.24) is 19.7 Å². The molecule has 2 aromatic heterocycles. The number of hydrogen-bond acceptors (Lipinski definition) is 4. The van der Waals surface area contributed by atoms with Gasteiger partial charge in [-0.2, -0.15) is 5.10 Å². The lowest BCUT2D eigenvalue weighted by atomic mass is 10.4. The van der Waals surface area contributed by atoms with Crippen LogP contribution in [0.3, 0.4) is 0 Å². The fourth-order valence-electron chi connectivity index (χ4n) is 1.23. The summed E-state index contributed by atoms with van der Waals surface area (Å²) in [5.74, 6) is 0. The van der Waals surface area contributed by atoms with Crippen LogP contribution in [0.5, 0.6) is 0 Å². The Hall–Kier alpha value is -0.810. The number of aromatic nitrogens is 4. The highest BCUT2D eigenvalue weighted by molar-refractivity contribution is 7.98. The van der Waals surface area contributed by atoms with Gasteiger partial charge < -0.3 is 0 Å². The molecule has 14 heavy (non-hydrogen) atoms. The maximum atomic E-state index is 5.93. The second-order valence-electron chi connectivity index (χ2n) is 2.70. The molecular weight excluding hydrogens is 220 g/mol. The van der Waals surface area contributed by atoms with E-state index >= 15 is 0 Å². The molecule has 6 heteroatoms. The van der Waals surface area contributed by atoms with Crippen LogP contribution in [0.2, 0.25) is 5.15 Å². The fraction of sp³-hybridized carbons (Fsp3) is 0.375. The van der Waals surface area contributed by atoms with Crippen LogP contribution in [0.1, 0.15) is 6.92 Å². The molecule has 2 rings (SSSR count). The summed E-state index contributed by atoms with van der Waals surface area (Å²) in [6, 6.07) is 0. The smallest absolute Gasteiger partial charge is 0.189 e. The molecule has 0 aliphatic carbocycles. The first-order valence-electron chi connectivity index (χ1n) is 4.19. The monoisotopic (exact) mass is 228 g/mol. The van der Waals surface area contributed by atoms with E-state index in [1.165, 1.54) is 11.8 Å². The minimum Gasteiger partial charge on any atom is -0.246 e. The summed E-state index contributed by atoms with van der Waals surface area (Å²) in [5, 5.41) is 6.17. The van der Waals surface area contributed by atoms with E-state index in [0.29, 0.717) is 5.15 Å². The molecule has 2 aromatic rings. The average Bonchev–Trinajstić information content (AvgIpc) is 2.55. The molecule has 74 valence electrons. The topological polar surface area (TPSA) is 43.6 Å². The summed E-state index contributed by atoms with van der Waals surface area (Å²) < 4.78 is 1.78. The van der Waals surface area contributed by atoms with Crippen LogP contribution >= 0.6 is 23.4 Å². The first-order chi connectivity index (χ1) is 6.76. The van der Waals surface area contributed by atoms with Crippen molar-refractivity contribution in [3.05, 3.63) is 11.3 Å². The molecular formula is C8H9ClN4S. The summed E-state index contributed by atoms with van der Waals surface area (Å²) >= 11 is 7.44. The number of aryl methyl sites for hydroxylation is 1. The summed E-state index contributed by atoms with van der Waals surface area (Å²) in [5.41, 5.74) is 0.803. The Bertz CT molecular complexity index is 468. The van der Waals surface area contributed by atoms with Crippen LogP contribution in [0.4, 0.5) is 0 Å². The Morgan fingerprint density at radius 1 is 1.57 bits per heavy atom. The first-order valence-corrected chi connectivity index (χ1v) is 5.79. The quantitative estimate of drug-likeness (QED) is 0.584. The number of hydrogen-bond donors (Lipinski definition) is 0. The van der Waals surface area contributed by atoms with Crippen LogP contribution in [-0.4, -0.2) is 26.0 Å². The Balaban J connectivity index is 2.71. The number of fused-ring (bicyclic) bond motifs is 1. The summed E-state index contributed by atoms with van der Waals surface area (Å²) in [6.45, 7) is 2.76. The lowest BCUT2D eigenvalue weighted by molar-refractivity contribution is 0.673. The van der Waals surface area contributed by atoms with E-state index in [4.69, 9.17) is 11.6 Å². The lowest BCUT2D eigenvalue weighted by Gasteiger charge is -1.97. The first kappa shape index (κ1) is 9.73. The fourth-order valence-corrected chi connectivity index (χ4v) is 1.79. The van der Waals surface area contributed by atoms with Gasteiger partial charge in [0.15, 0.2) is 16.0 Å². The SMILES string of the molecule is CCn1nc(Cl)c2cnc(SC)nc21. The highest BCUT2D eigenvalue weighted by atomic mass is 35.5. The minimum absolute atomic E-state index is 0.467. The molecule has 0 aromatic carbocycles. The van der Waals surface area contributed by atoms with Crippen molar-refractivity contribution in [3.8, 4) is 0 Å². The van der Waals surface area contributed by atoms with Crippen LogP contribution in [-0.2, 0) is 6.54 Å². The zero-order chi connectivity index (χ0) is 10.1. The highest BCUT2D eigenvalue weighted by Gasteiger charge is 2.10. The van der Waals surface area contributed by atoms with E-state index in [-0.39, 0.29) is 0 Å². The largest absolute Gasteiger partial charge is 0.246 e. The molecule has 0 unspecified atom stereocenters. The Labute approximate surface area is 90.7 Å². The van der Waals surface area contributed by atoms with E-state index in [9.17, 15) is 0 Å². The van der Waals surface area contributed by atoms with Gasteiger partial charge in [-0.3, -0.25) is 0 Å². The molecule has 0 N–H and O–H groups in total. The molecule has 0 amide bonds. The van der Waals surface area contributed by atoms with Crippen molar-refractivity contribution in [2.75, 3.05) is 6.26 Å². The minimum atomic E-state index is 0.467.